The average molecular weight is 399 g/mol. The van der Waals surface area contributed by atoms with Crippen LogP contribution >= 0.6 is 11.6 Å². The Balaban J connectivity index is 1.89. The molecule has 1 unspecified atom stereocenters. The molecule has 3 atom stereocenters. The maximum absolute atomic E-state index is 12.8. The van der Waals surface area contributed by atoms with Crippen molar-refractivity contribution in [2.45, 2.75) is 27.2 Å². The summed E-state index contributed by atoms with van der Waals surface area (Å²) in [5.41, 5.74) is 0.509. The smallest absolute Gasteiger partial charge is 0.255 e. The van der Waals surface area contributed by atoms with E-state index in [2.05, 4.69) is 13.8 Å². The molecule has 6 nitrogen and oxygen atoms in total. The first-order valence-electron chi connectivity index (χ1n) is 8.76. The van der Waals surface area contributed by atoms with Gasteiger partial charge in [-0.3, -0.25) is 9.59 Å². The monoisotopic (exact) mass is 398 g/mol. The highest BCUT2D eigenvalue weighted by atomic mass is 35.5. The molecule has 1 aromatic rings. The van der Waals surface area contributed by atoms with Gasteiger partial charge >= 0.3 is 0 Å². The molecule has 2 saturated heterocycles. The van der Waals surface area contributed by atoms with Crippen molar-refractivity contribution in [3.63, 3.8) is 0 Å². The maximum atomic E-state index is 12.8. The highest BCUT2D eigenvalue weighted by Crippen LogP contribution is 2.32. The minimum Gasteiger partial charge on any atom is -0.338 e. The van der Waals surface area contributed by atoms with E-state index in [0.29, 0.717) is 30.5 Å². The molecule has 8 heteroatoms. The van der Waals surface area contributed by atoms with Crippen LogP contribution in [-0.4, -0.2) is 44.0 Å². The fourth-order valence-electron chi connectivity index (χ4n) is 3.89. The van der Waals surface area contributed by atoms with Gasteiger partial charge < -0.3 is 4.90 Å². The standard InChI is InChI=1S/C18H23ClN2O4S/c1-11-6-12(2)9-20(8-11)18(23)15-5-4-14(7-16(15)19)21-17(22)13(3)10-26(21,24)25/h4-5,7,11-13H,6,8-10H2,1-3H3/t11-,12+,13?. The van der Waals surface area contributed by atoms with Gasteiger partial charge in [0, 0.05) is 13.1 Å². The second kappa shape index (κ2) is 6.85. The Bertz CT molecular complexity index is 845. The van der Waals surface area contributed by atoms with Crippen LogP contribution in [0.2, 0.25) is 5.02 Å². The van der Waals surface area contributed by atoms with Crippen molar-refractivity contribution in [1.82, 2.24) is 4.90 Å². The quantitative estimate of drug-likeness (QED) is 0.767. The van der Waals surface area contributed by atoms with E-state index < -0.39 is 21.8 Å². The topological polar surface area (TPSA) is 74.8 Å². The van der Waals surface area contributed by atoms with Gasteiger partial charge in [-0.15, -0.1) is 0 Å². The minimum absolute atomic E-state index is 0.154. The van der Waals surface area contributed by atoms with Gasteiger partial charge in [-0.25, -0.2) is 12.7 Å². The molecule has 2 amide bonds. The third-order valence-electron chi connectivity index (χ3n) is 4.93. The van der Waals surface area contributed by atoms with Crippen molar-refractivity contribution in [1.29, 1.82) is 0 Å². The normalized spacial score (nSPS) is 28.5. The molecule has 0 radical (unpaired) electrons. The van der Waals surface area contributed by atoms with Gasteiger partial charge in [-0.05, 0) is 36.5 Å². The Morgan fingerprint density at radius 2 is 1.77 bits per heavy atom. The Kier molecular flexibility index (Phi) is 5.05. The number of likely N-dealkylation sites (tertiary alicyclic amines) is 1. The number of amides is 2. The van der Waals surface area contributed by atoms with Crippen LogP contribution in [0.1, 0.15) is 37.6 Å². The Morgan fingerprint density at radius 3 is 2.27 bits per heavy atom. The van der Waals surface area contributed by atoms with Gasteiger partial charge in [-0.2, -0.15) is 0 Å². The predicted molar refractivity (Wildman–Crippen MR) is 101 cm³/mol. The van der Waals surface area contributed by atoms with Crippen LogP contribution in [0, 0.1) is 17.8 Å². The van der Waals surface area contributed by atoms with E-state index >= 15 is 0 Å². The molecule has 2 fully saturated rings. The predicted octanol–water partition coefficient (Wildman–Crippen LogP) is 2.77. The summed E-state index contributed by atoms with van der Waals surface area (Å²) in [4.78, 5) is 26.8. The van der Waals surface area contributed by atoms with Crippen molar-refractivity contribution in [3.8, 4) is 0 Å². The number of anilines is 1. The minimum atomic E-state index is -3.69. The molecule has 2 aliphatic heterocycles. The molecule has 0 bridgehead atoms. The summed E-state index contributed by atoms with van der Waals surface area (Å²) in [6, 6.07) is 4.37. The van der Waals surface area contributed by atoms with Gasteiger partial charge in [0.05, 0.1) is 27.9 Å². The second-order valence-electron chi connectivity index (χ2n) is 7.60. The number of rotatable bonds is 2. The SMILES string of the molecule is CC1CS(=O)(=O)N(c2ccc(C(=O)N3C[C@H](C)C[C@H](C)C3)c(Cl)c2)C1=O. The number of sulfonamides is 1. The van der Waals surface area contributed by atoms with Gasteiger partial charge in [0.15, 0.2) is 0 Å². The number of nitrogens with zero attached hydrogens (tertiary/aromatic N) is 2. The van der Waals surface area contributed by atoms with Gasteiger partial charge in [-0.1, -0.05) is 32.4 Å². The van der Waals surface area contributed by atoms with Gasteiger partial charge in [0.2, 0.25) is 15.9 Å². The van der Waals surface area contributed by atoms with Crippen molar-refractivity contribution in [3.05, 3.63) is 28.8 Å². The van der Waals surface area contributed by atoms with Crippen molar-refractivity contribution in [2.75, 3.05) is 23.1 Å². The fourth-order valence-corrected chi connectivity index (χ4v) is 5.96. The maximum Gasteiger partial charge on any atom is 0.255 e. The van der Waals surface area contributed by atoms with Crippen LogP contribution < -0.4 is 4.31 Å². The van der Waals surface area contributed by atoms with Crippen LogP contribution in [0.5, 0.6) is 0 Å². The third kappa shape index (κ3) is 3.47. The van der Waals surface area contributed by atoms with Crippen molar-refractivity contribution >= 4 is 39.1 Å². The zero-order chi connectivity index (χ0) is 19.2. The lowest BCUT2D eigenvalue weighted by molar-refractivity contribution is -0.119. The number of halogens is 1. The first-order valence-corrected chi connectivity index (χ1v) is 10.7. The van der Waals surface area contributed by atoms with E-state index in [1.165, 1.54) is 18.2 Å². The largest absolute Gasteiger partial charge is 0.338 e. The number of hydrogen-bond acceptors (Lipinski definition) is 4. The second-order valence-corrected chi connectivity index (χ2v) is 9.87. The van der Waals surface area contributed by atoms with Crippen LogP contribution in [0.4, 0.5) is 5.69 Å². The molecule has 142 valence electrons. The summed E-state index contributed by atoms with van der Waals surface area (Å²) in [5, 5.41) is 0.154. The van der Waals surface area contributed by atoms with E-state index in [4.69, 9.17) is 11.6 Å². The van der Waals surface area contributed by atoms with E-state index in [9.17, 15) is 18.0 Å². The first kappa shape index (κ1) is 19.2. The molecule has 26 heavy (non-hydrogen) atoms. The Morgan fingerprint density at radius 1 is 1.15 bits per heavy atom. The summed E-state index contributed by atoms with van der Waals surface area (Å²) in [5.74, 6) is -0.586. The number of benzene rings is 1. The molecule has 0 N–H and O–H groups in total. The van der Waals surface area contributed by atoms with Crippen LogP contribution in [0.15, 0.2) is 18.2 Å². The van der Waals surface area contributed by atoms with Crippen molar-refractivity contribution in [2.24, 2.45) is 17.8 Å². The number of piperidine rings is 1. The summed E-state index contributed by atoms with van der Waals surface area (Å²) in [7, 11) is -3.69. The summed E-state index contributed by atoms with van der Waals surface area (Å²) < 4.78 is 25.2. The van der Waals surface area contributed by atoms with Crippen LogP contribution in [0.3, 0.4) is 0 Å². The molecular weight excluding hydrogens is 376 g/mol. The van der Waals surface area contributed by atoms with Crippen LogP contribution in [0.25, 0.3) is 0 Å². The van der Waals surface area contributed by atoms with E-state index in [1.807, 2.05) is 0 Å². The molecule has 3 rings (SSSR count). The Labute approximate surface area is 159 Å². The molecule has 1 aromatic carbocycles. The number of hydrogen-bond donors (Lipinski definition) is 0. The van der Waals surface area contributed by atoms with E-state index in [0.717, 1.165) is 10.7 Å². The summed E-state index contributed by atoms with van der Waals surface area (Å²) in [6.07, 6.45) is 1.09. The molecule has 2 heterocycles. The molecule has 0 saturated carbocycles. The fraction of sp³-hybridized carbons (Fsp3) is 0.556. The first-order chi connectivity index (χ1) is 12.1. The zero-order valence-electron chi connectivity index (χ0n) is 15.1. The zero-order valence-corrected chi connectivity index (χ0v) is 16.7. The lowest BCUT2D eigenvalue weighted by Gasteiger charge is -2.35. The lowest BCUT2D eigenvalue weighted by atomic mass is 9.91. The highest BCUT2D eigenvalue weighted by molar-refractivity contribution is 7.94. The van der Waals surface area contributed by atoms with Gasteiger partial charge in [0.25, 0.3) is 5.91 Å². The number of carbonyl (C=O) groups excluding carboxylic acids is 2. The Hall–Kier alpha value is -1.60. The summed E-state index contributed by atoms with van der Waals surface area (Å²) >= 11 is 6.29. The molecule has 0 spiro atoms. The molecule has 0 aromatic heterocycles. The lowest BCUT2D eigenvalue weighted by Crippen LogP contribution is -2.42. The van der Waals surface area contributed by atoms with E-state index in [-0.39, 0.29) is 22.4 Å². The number of carbonyl (C=O) groups is 2. The average Bonchev–Trinajstić information content (AvgIpc) is 2.73. The van der Waals surface area contributed by atoms with Crippen molar-refractivity contribution < 1.29 is 18.0 Å². The molecule has 0 aliphatic carbocycles. The van der Waals surface area contributed by atoms with Crippen LogP contribution in [-0.2, 0) is 14.8 Å². The highest BCUT2D eigenvalue weighted by Gasteiger charge is 2.42. The van der Waals surface area contributed by atoms with E-state index in [1.54, 1.807) is 11.8 Å². The summed E-state index contributed by atoms with van der Waals surface area (Å²) in [6.45, 7) is 7.17. The molecule has 2 aliphatic rings. The third-order valence-corrected chi connectivity index (χ3v) is 7.12. The van der Waals surface area contributed by atoms with Gasteiger partial charge in [0.1, 0.15) is 0 Å². The molecular formula is C18H23ClN2O4S.